The summed E-state index contributed by atoms with van der Waals surface area (Å²) in [5.41, 5.74) is 4.46. The van der Waals surface area contributed by atoms with Gasteiger partial charge in [0.2, 0.25) is 5.78 Å². The molecule has 0 N–H and O–H groups in total. The average Bonchev–Trinajstić information content (AvgIpc) is 3.03. The molecule has 0 unspecified atom stereocenters. The third-order valence-corrected chi connectivity index (χ3v) is 6.61. The zero-order chi connectivity index (χ0) is 21.7. The van der Waals surface area contributed by atoms with Gasteiger partial charge in [0.15, 0.2) is 6.61 Å². The van der Waals surface area contributed by atoms with E-state index < -0.39 is 0 Å². The molecule has 1 aliphatic rings. The largest absolute Gasteiger partial charge is 0.484 e. The highest BCUT2D eigenvalue weighted by Crippen LogP contribution is 2.34. The molecular weight excluding hydrogens is 414 g/mol. The summed E-state index contributed by atoms with van der Waals surface area (Å²) in [5.74, 6) is 0.205. The Morgan fingerprint density at radius 3 is 2.68 bits per heavy atom. The maximum atomic E-state index is 13.0. The molecule has 6 heteroatoms. The number of fused-ring (bicyclic) bond motifs is 4. The van der Waals surface area contributed by atoms with E-state index in [1.807, 2.05) is 42.8 Å². The van der Waals surface area contributed by atoms with Crippen LogP contribution in [0.2, 0.25) is 5.02 Å². The van der Waals surface area contributed by atoms with Gasteiger partial charge in [-0.15, -0.1) is 0 Å². The van der Waals surface area contributed by atoms with Gasteiger partial charge in [0.1, 0.15) is 11.3 Å². The monoisotopic (exact) mass is 435 g/mol. The Labute approximate surface area is 184 Å². The first-order valence-electron chi connectivity index (χ1n) is 10.4. The van der Waals surface area contributed by atoms with Crippen LogP contribution in [-0.2, 0) is 19.9 Å². The fourth-order valence-electron chi connectivity index (χ4n) is 4.64. The van der Waals surface area contributed by atoms with E-state index in [-0.39, 0.29) is 18.0 Å². The number of ether oxygens (including phenoxy) is 1. The van der Waals surface area contributed by atoms with Crippen molar-refractivity contribution in [3.05, 3.63) is 74.2 Å². The Balaban J connectivity index is 1.48. The van der Waals surface area contributed by atoms with Gasteiger partial charge in [0, 0.05) is 46.2 Å². The van der Waals surface area contributed by atoms with E-state index >= 15 is 0 Å². The number of hydrogen-bond acceptors (Lipinski definition) is 4. The lowest BCUT2D eigenvalue weighted by Crippen LogP contribution is -2.16. The van der Waals surface area contributed by atoms with Crippen LogP contribution in [0.1, 0.15) is 40.0 Å². The summed E-state index contributed by atoms with van der Waals surface area (Å²) in [7, 11) is 1.94. The van der Waals surface area contributed by atoms with Crippen molar-refractivity contribution in [1.82, 2.24) is 4.57 Å². The highest BCUT2D eigenvalue weighted by atomic mass is 35.5. The Morgan fingerprint density at radius 1 is 1.13 bits per heavy atom. The summed E-state index contributed by atoms with van der Waals surface area (Å²) in [6.45, 7) is 1.77. The number of nitrogens with zero attached hydrogens (tertiary/aromatic N) is 1. The van der Waals surface area contributed by atoms with Gasteiger partial charge >= 0.3 is 5.63 Å². The van der Waals surface area contributed by atoms with Crippen molar-refractivity contribution in [2.75, 3.05) is 6.61 Å². The predicted molar refractivity (Wildman–Crippen MR) is 122 cm³/mol. The third kappa shape index (κ3) is 3.24. The lowest BCUT2D eigenvalue weighted by Gasteiger charge is -2.17. The number of aromatic nitrogens is 1. The predicted octanol–water partition coefficient (Wildman–Crippen LogP) is 5.39. The van der Waals surface area contributed by atoms with Crippen molar-refractivity contribution in [1.29, 1.82) is 0 Å². The number of aryl methyl sites for hydroxylation is 2. The quantitative estimate of drug-likeness (QED) is 0.318. The second-order valence-electron chi connectivity index (χ2n) is 8.08. The van der Waals surface area contributed by atoms with E-state index in [4.69, 9.17) is 20.8 Å². The van der Waals surface area contributed by atoms with Crippen LogP contribution in [0.25, 0.3) is 21.9 Å². The number of carbonyl (C=O) groups excluding carboxylic acids is 1. The topological polar surface area (TPSA) is 61.4 Å². The molecule has 31 heavy (non-hydrogen) atoms. The summed E-state index contributed by atoms with van der Waals surface area (Å²) >= 11 is 6.49. The number of rotatable bonds is 4. The molecule has 0 fully saturated rings. The van der Waals surface area contributed by atoms with Gasteiger partial charge in [-0.3, -0.25) is 4.79 Å². The number of Topliss-reactive ketones (excluding diaryl/α,β-unsaturated/α-hetero) is 1. The Morgan fingerprint density at radius 2 is 1.87 bits per heavy atom. The highest BCUT2D eigenvalue weighted by Gasteiger charge is 2.21. The minimum Gasteiger partial charge on any atom is -0.484 e. The van der Waals surface area contributed by atoms with E-state index in [1.165, 1.54) is 0 Å². The number of para-hydroxylation sites is 1. The Bertz CT molecular complexity index is 1410. The second kappa shape index (κ2) is 7.57. The summed E-state index contributed by atoms with van der Waals surface area (Å²) in [6.07, 6.45) is 3.61. The molecule has 0 atom stereocenters. The molecule has 0 spiro atoms. The lowest BCUT2D eigenvalue weighted by atomic mass is 9.91. The van der Waals surface area contributed by atoms with Crippen LogP contribution < -0.4 is 10.4 Å². The van der Waals surface area contributed by atoms with Crippen LogP contribution in [0.5, 0.6) is 5.75 Å². The third-order valence-electron chi connectivity index (χ3n) is 6.31. The summed E-state index contributed by atoms with van der Waals surface area (Å²) < 4.78 is 13.4. The van der Waals surface area contributed by atoms with Crippen molar-refractivity contribution in [3.63, 3.8) is 0 Å². The Kier molecular flexibility index (Phi) is 4.86. The first-order valence-corrected chi connectivity index (χ1v) is 10.8. The van der Waals surface area contributed by atoms with Crippen LogP contribution in [0.3, 0.4) is 0 Å². The van der Waals surface area contributed by atoms with Gasteiger partial charge in [0.05, 0.1) is 5.02 Å². The molecule has 2 aromatic carbocycles. The molecule has 0 amide bonds. The standard InChI is InChI=1S/C25H22ClNO4/c1-14-24(17-9-5-6-10-20(17)27(14)2)21(28)13-30-23-12-22-18(11-19(23)26)15-7-3-4-8-16(15)25(29)31-22/h5-6,9-12H,3-4,7-8,13H2,1-2H3. The zero-order valence-corrected chi connectivity index (χ0v) is 18.2. The second-order valence-corrected chi connectivity index (χ2v) is 8.49. The summed E-state index contributed by atoms with van der Waals surface area (Å²) in [5, 5.41) is 2.15. The van der Waals surface area contributed by atoms with Crippen molar-refractivity contribution in [2.24, 2.45) is 7.05 Å². The molecule has 5 rings (SSSR count). The van der Waals surface area contributed by atoms with Crippen LogP contribution in [0, 0.1) is 6.92 Å². The minimum atomic E-state index is -0.294. The summed E-state index contributed by atoms with van der Waals surface area (Å²) in [6, 6.07) is 11.2. The first-order chi connectivity index (χ1) is 15.0. The van der Waals surface area contributed by atoms with E-state index in [9.17, 15) is 9.59 Å². The van der Waals surface area contributed by atoms with Crippen LogP contribution in [-0.4, -0.2) is 17.0 Å². The van der Waals surface area contributed by atoms with Crippen molar-refractivity contribution in [3.8, 4) is 5.75 Å². The molecule has 4 aromatic rings. The smallest absolute Gasteiger partial charge is 0.339 e. The molecule has 2 heterocycles. The van der Waals surface area contributed by atoms with Gasteiger partial charge < -0.3 is 13.7 Å². The van der Waals surface area contributed by atoms with E-state index in [0.717, 1.165) is 58.8 Å². The van der Waals surface area contributed by atoms with Crippen LogP contribution in [0.4, 0.5) is 0 Å². The number of benzene rings is 2. The molecule has 0 saturated heterocycles. The van der Waals surface area contributed by atoms with Gasteiger partial charge in [-0.05, 0) is 50.3 Å². The molecule has 0 radical (unpaired) electrons. The minimum absolute atomic E-state index is 0.127. The molecule has 1 aliphatic carbocycles. The molecule has 0 aliphatic heterocycles. The molecule has 158 valence electrons. The van der Waals surface area contributed by atoms with Gasteiger partial charge in [-0.2, -0.15) is 0 Å². The molecule has 2 aromatic heterocycles. The van der Waals surface area contributed by atoms with Gasteiger partial charge in [-0.1, -0.05) is 29.8 Å². The fraction of sp³-hybridized carbons (Fsp3) is 0.280. The maximum Gasteiger partial charge on any atom is 0.339 e. The normalized spacial score (nSPS) is 13.5. The van der Waals surface area contributed by atoms with Crippen molar-refractivity contribution >= 4 is 39.3 Å². The van der Waals surface area contributed by atoms with E-state index in [0.29, 0.717) is 21.9 Å². The van der Waals surface area contributed by atoms with Crippen molar-refractivity contribution < 1.29 is 13.9 Å². The number of halogens is 1. The van der Waals surface area contributed by atoms with Crippen LogP contribution >= 0.6 is 11.6 Å². The number of carbonyl (C=O) groups is 1. The lowest BCUT2D eigenvalue weighted by molar-refractivity contribution is 0.0922. The summed E-state index contributed by atoms with van der Waals surface area (Å²) in [4.78, 5) is 25.4. The van der Waals surface area contributed by atoms with Gasteiger partial charge in [-0.25, -0.2) is 4.79 Å². The first kappa shape index (κ1) is 19.9. The average molecular weight is 436 g/mol. The van der Waals surface area contributed by atoms with Crippen molar-refractivity contribution in [2.45, 2.75) is 32.6 Å². The molecule has 0 saturated carbocycles. The number of hydrogen-bond donors (Lipinski definition) is 0. The molecule has 5 nitrogen and oxygen atoms in total. The number of ketones is 1. The fourth-order valence-corrected chi connectivity index (χ4v) is 4.86. The van der Waals surface area contributed by atoms with E-state index in [1.54, 1.807) is 12.1 Å². The highest BCUT2D eigenvalue weighted by molar-refractivity contribution is 6.32. The van der Waals surface area contributed by atoms with Crippen LogP contribution in [0.15, 0.2) is 45.6 Å². The van der Waals surface area contributed by atoms with E-state index in [2.05, 4.69) is 0 Å². The van der Waals surface area contributed by atoms with Gasteiger partial charge in [0.25, 0.3) is 0 Å². The maximum absolute atomic E-state index is 13.0. The molecule has 0 bridgehead atoms. The SMILES string of the molecule is Cc1c(C(=O)COc2cc3oc(=O)c4c(c3cc2Cl)CCCC4)c2ccccc2n1C. The molecular formula is C25H22ClNO4. The zero-order valence-electron chi connectivity index (χ0n) is 17.5. The Hall–Kier alpha value is -3.05.